The molecule has 27 heavy (non-hydrogen) atoms. The van der Waals surface area contributed by atoms with Crippen LogP contribution in [-0.4, -0.2) is 40.9 Å². The topological polar surface area (TPSA) is 67.1 Å². The van der Waals surface area contributed by atoms with Crippen LogP contribution in [0.25, 0.3) is 10.6 Å². The average molecular weight is 516 g/mol. The third kappa shape index (κ3) is 6.89. The first-order valence-electron chi connectivity index (χ1n) is 8.68. The Morgan fingerprint density at radius 3 is 2.81 bits per heavy atom. The molecule has 3 aromatic heterocycles. The van der Waals surface area contributed by atoms with Gasteiger partial charge in [-0.3, -0.25) is 9.67 Å². The molecular formula is C18H25IN6S2. The number of aromatic nitrogens is 3. The molecule has 0 aliphatic carbocycles. The molecule has 146 valence electrons. The van der Waals surface area contributed by atoms with Crippen LogP contribution in [0.3, 0.4) is 0 Å². The lowest BCUT2D eigenvalue weighted by atomic mass is 10.3. The maximum absolute atomic E-state index is 4.55. The highest BCUT2D eigenvalue weighted by Crippen LogP contribution is 2.29. The number of guanidine groups is 1. The van der Waals surface area contributed by atoms with Gasteiger partial charge in [-0.15, -0.1) is 46.7 Å². The molecule has 0 aromatic carbocycles. The quantitative estimate of drug-likeness (QED) is 0.207. The molecule has 3 heterocycles. The molecule has 3 aromatic rings. The summed E-state index contributed by atoms with van der Waals surface area (Å²) in [7, 11) is 1.80. The van der Waals surface area contributed by atoms with Gasteiger partial charge in [-0.25, -0.2) is 4.98 Å². The molecule has 0 fully saturated rings. The van der Waals surface area contributed by atoms with Gasteiger partial charge in [0.2, 0.25) is 0 Å². The summed E-state index contributed by atoms with van der Waals surface area (Å²) >= 11 is 3.51. The van der Waals surface area contributed by atoms with Crippen molar-refractivity contribution in [2.45, 2.75) is 26.3 Å². The molecule has 0 spiro atoms. The van der Waals surface area contributed by atoms with Crippen LogP contribution >= 0.6 is 46.7 Å². The van der Waals surface area contributed by atoms with Gasteiger partial charge in [0.1, 0.15) is 0 Å². The fourth-order valence-corrected chi connectivity index (χ4v) is 4.19. The van der Waals surface area contributed by atoms with Crippen LogP contribution in [0.4, 0.5) is 0 Å². The number of aliphatic imine (C=N–C) groups is 1. The molecule has 9 heteroatoms. The lowest BCUT2D eigenvalue weighted by Crippen LogP contribution is -2.38. The summed E-state index contributed by atoms with van der Waals surface area (Å²) in [5.41, 5.74) is 1.09. The van der Waals surface area contributed by atoms with Gasteiger partial charge in [-0.1, -0.05) is 0 Å². The molecule has 0 saturated heterocycles. The highest BCUT2D eigenvalue weighted by atomic mass is 127. The van der Waals surface area contributed by atoms with Crippen molar-refractivity contribution in [3.8, 4) is 10.6 Å². The van der Waals surface area contributed by atoms with Crippen molar-refractivity contribution in [1.82, 2.24) is 25.4 Å². The van der Waals surface area contributed by atoms with Crippen LogP contribution in [0.15, 0.2) is 41.0 Å². The van der Waals surface area contributed by atoms with E-state index in [1.165, 1.54) is 9.75 Å². The van der Waals surface area contributed by atoms with Crippen molar-refractivity contribution in [1.29, 1.82) is 0 Å². The minimum atomic E-state index is 0. The first-order valence-corrected chi connectivity index (χ1v) is 10.4. The number of aryl methyl sites for hydroxylation is 2. The van der Waals surface area contributed by atoms with Gasteiger partial charge in [-0.05, 0) is 38.0 Å². The van der Waals surface area contributed by atoms with Crippen LogP contribution in [-0.2, 0) is 13.0 Å². The van der Waals surface area contributed by atoms with Gasteiger partial charge in [0, 0.05) is 49.3 Å². The molecule has 0 atom stereocenters. The highest BCUT2D eigenvalue weighted by Gasteiger charge is 2.06. The zero-order valence-corrected chi connectivity index (χ0v) is 19.5. The lowest BCUT2D eigenvalue weighted by molar-refractivity contribution is 0.570. The first-order chi connectivity index (χ1) is 12.7. The smallest absolute Gasteiger partial charge is 0.190 e. The summed E-state index contributed by atoms with van der Waals surface area (Å²) in [6, 6.07) is 6.30. The van der Waals surface area contributed by atoms with E-state index in [4.69, 9.17) is 0 Å². The van der Waals surface area contributed by atoms with Crippen molar-refractivity contribution >= 4 is 52.6 Å². The number of nitrogens with zero attached hydrogens (tertiary/aromatic N) is 4. The molecule has 0 aliphatic heterocycles. The largest absolute Gasteiger partial charge is 0.356 e. The minimum absolute atomic E-state index is 0. The Morgan fingerprint density at radius 2 is 2.11 bits per heavy atom. The standard InChI is InChI=1S/C18H24N6S2.HI/c1-14-23-16(13-25-14)17-6-5-15(26-17)7-10-21-18(19-2)20-8-3-11-24-12-4-9-22-24;/h4-6,9,12-13H,3,7-8,10-11H2,1-2H3,(H2,19,20,21);1H. The Bertz CT molecular complexity index is 825. The van der Waals surface area contributed by atoms with E-state index in [0.717, 1.165) is 49.1 Å². The Balaban J connectivity index is 0.00000261. The van der Waals surface area contributed by atoms with Gasteiger partial charge < -0.3 is 10.6 Å². The Hall–Kier alpha value is -1.46. The van der Waals surface area contributed by atoms with Gasteiger partial charge in [-0.2, -0.15) is 5.10 Å². The van der Waals surface area contributed by atoms with E-state index in [2.05, 4.69) is 43.2 Å². The van der Waals surface area contributed by atoms with Crippen molar-refractivity contribution in [2.75, 3.05) is 20.1 Å². The first kappa shape index (κ1) is 21.8. The van der Waals surface area contributed by atoms with E-state index < -0.39 is 0 Å². The van der Waals surface area contributed by atoms with Gasteiger partial charge in [0.25, 0.3) is 0 Å². The molecule has 0 saturated carbocycles. The number of thiazole rings is 1. The number of rotatable bonds is 8. The van der Waals surface area contributed by atoms with Crippen LogP contribution in [0, 0.1) is 6.92 Å². The van der Waals surface area contributed by atoms with E-state index in [0.29, 0.717) is 0 Å². The highest BCUT2D eigenvalue weighted by molar-refractivity contribution is 14.0. The summed E-state index contributed by atoms with van der Waals surface area (Å²) in [5.74, 6) is 0.845. The molecule has 0 radical (unpaired) electrons. The molecule has 0 aliphatic rings. The Kier molecular flexibility index (Phi) is 9.22. The number of nitrogens with one attached hydrogen (secondary N) is 2. The lowest BCUT2D eigenvalue weighted by Gasteiger charge is -2.11. The summed E-state index contributed by atoms with van der Waals surface area (Å²) in [5, 5.41) is 14.2. The fourth-order valence-electron chi connectivity index (χ4n) is 2.53. The van der Waals surface area contributed by atoms with E-state index in [1.807, 2.05) is 35.2 Å². The molecule has 2 N–H and O–H groups in total. The second kappa shape index (κ2) is 11.4. The zero-order valence-electron chi connectivity index (χ0n) is 15.5. The minimum Gasteiger partial charge on any atom is -0.356 e. The van der Waals surface area contributed by atoms with Gasteiger partial charge in [0.15, 0.2) is 5.96 Å². The van der Waals surface area contributed by atoms with Crippen molar-refractivity contribution in [3.05, 3.63) is 45.9 Å². The average Bonchev–Trinajstić information content (AvgIpc) is 3.38. The predicted molar refractivity (Wildman–Crippen MR) is 125 cm³/mol. The van der Waals surface area contributed by atoms with E-state index >= 15 is 0 Å². The van der Waals surface area contributed by atoms with Gasteiger partial charge in [0.05, 0.1) is 15.6 Å². The molecule has 6 nitrogen and oxygen atoms in total. The number of hydrogen-bond donors (Lipinski definition) is 2. The number of halogens is 1. The normalized spacial score (nSPS) is 11.3. The van der Waals surface area contributed by atoms with Crippen molar-refractivity contribution in [2.24, 2.45) is 4.99 Å². The van der Waals surface area contributed by atoms with E-state index in [9.17, 15) is 0 Å². The maximum atomic E-state index is 4.55. The Morgan fingerprint density at radius 1 is 1.26 bits per heavy atom. The monoisotopic (exact) mass is 516 g/mol. The van der Waals surface area contributed by atoms with Crippen molar-refractivity contribution < 1.29 is 0 Å². The van der Waals surface area contributed by atoms with E-state index in [1.54, 1.807) is 24.6 Å². The number of thiophene rings is 1. The third-order valence-electron chi connectivity index (χ3n) is 3.84. The molecule has 0 unspecified atom stereocenters. The van der Waals surface area contributed by atoms with Gasteiger partial charge >= 0.3 is 0 Å². The van der Waals surface area contributed by atoms with Crippen LogP contribution < -0.4 is 10.6 Å². The summed E-state index contributed by atoms with van der Waals surface area (Å²) in [4.78, 5) is 11.4. The molecule has 0 amide bonds. The fraction of sp³-hybridized carbons (Fsp3) is 0.389. The summed E-state index contributed by atoms with van der Waals surface area (Å²) in [6.07, 6.45) is 5.76. The Labute approximate surface area is 185 Å². The van der Waals surface area contributed by atoms with Crippen LogP contribution in [0.1, 0.15) is 16.3 Å². The summed E-state index contributed by atoms with van der Waals surface area (Å²) < 4.78 is 1.94. The molecule has 0 bridgehead atoms. The van der Waals surface area contributed by atoms with E-state index in [-0.39, 0.29) is 24.0 Å². The van der Waals surface area contributed by atoms with Crippen LogP contribution in [0.5, 0.6) is 0 Å². The number of hydrogen-bond acceptors (Lipinski definition) is 5. The second-order valence-electron chi connectivity index (χ2n) is 5.82. The zero-order chi connectivity index (χ0) is 18.2. The molecule has 3 rings (SSSR count). The summed E-state index contributed by atoms with van der Waals surface area (Å²) in [6.45, 7) is 4.67. The maximum Gasteiger partial charge on any atom is 0.190 e. The predicted octanol–water partition coefficient (Wildman–Crippen LogP) is 3.79. The van der Waals surface area contributed by atoms with Crippen LogP contribution in [0.2, 0.25) is 0 Å². The molecular weight excluding hydrogens is 491 g/mol. The van der Waals surface area contributed by atoms with Crippen molar-refractivity contribution in [3.63, 3.8) is 0 Å². The SMILES string of the molecule is CN=C(NCCCn1cccn1)NCCc1ccc(-c2csc(C)n2)s1.I. The third-order valence-corrected chi connectivity index (χ3v) is 5.78. The second-order valence-corrected chi connectivity index (χ2v) is 8.05.